The molecule has 0 aromatic carbocycles. The molecule has 1 aliphatic rings. The van der Waals surface area contributed by atoms with Gasteiger partial charge in [-0.15, -0.1) is 0 Å². The van der Waals surface area contributed by atoms with Gasteiger partial charge in [-0.3, -0.25) is 0 Å². The molecule has 0 bridgehead atoms. The van der Waals surface area contributed by atoms with E-state index < -0.39 is 0 Å². The predicted octanol–water partition coefficient (Wildman–Crippen LogP) is 1.33. The Morgan fingerprint density at radius 3 is 2.93 bits per heavy atom. The summed E-state index contributed by atoms with van der Waals surface area (Å²) in [6, 6.07) is 0. The van der Waals surface area contributed by atoms with E-state index in [0.29, 0.717) is 11.1 Å². The summed E-state index contributed by atoms with van der Waals surface area (Å²) in [6.45, 7) is 2.91. The van der Waals surface area contributed by atoms with Gasteiger partial charge < -0.3 is 10.5 Å². The van der Waals surface area contributed by atoms with E-state index in [2.05, 4.69) is 16.9 Å². The molecule has 0 spiro atoms. The molecule has 0 saturated carbocycles. The first-order valence-electron chi connectivity index (χ1n) is 4.62. The molecule has 2 rings (SSSR count). The van der Waals surface area contributed by atoms with Gasteiger partial charge in [0.05, 0.1) is 6.10 Å². The normalized spacial score (nSPS) is 26.6. The number of rotatable bonds is 2. The lowest BCUT2D eigenvalue weighted by Gasteiger charge is -2.12. The van der Waals surface area contributed by atoms with E-state index in [4.69, 9.17) is 10.5 Å². The molecule has 1 aliphatic heterocycles. The minimum atomic E-state index is 0.279. The maximum Gasteiger partial charge on any atom is 0.156 e. The molecule has 0 aliphatic carbocycles. The molecule has 76 valence electrons. The molecular formula is C9H13N3OS. The molecule has 2 atom stereocenters. The lowest BCUT2D eigenvalue weighted by atomic mass is 10.3. The number of aromatic nitrogens is 2. The largest absolute Gasteiger partial charge is 0.381 e. The van der Waals surface area contributed by atoms with Gasteiger partial charge in [-0.05, 0) is 13.3 Å². The predicted molar refractivity (Wildman–Crippen MR) is 56.1 cm³/mol. The lowest BCUT2D eigenvalue weighted by Crippen LogP contribution is -2.13. The molecule has 0 amide bonds. The highest BCUT2D eigenvalue weighted by Crippen LogP contribution is 2.33. The van der Waals surface area contributed by atoms with Crippen molar-refractivity contribution in [2.24, 2.45) is 0 Å². The summed E-state index contributed by atoms with van der Waals surface area (Å²) in [7, 11) is 0. The van der Waals surface area contributed by atoms with Crippen molar-refractivity contribution in [3.05, 3.63) is 12.4 Å². The van der Waals surface area contributed by atoms with Crippen molar-refractivity contribution in [3.8, 4) is 0 Å². The molecule has 1 aromatic heterocycles. The molecular weight excluding hydrogens is 198 g/mol. The van der Waals surface area contributed by atoms with Crippen LogP contribution in [0.1, 0.15) is 13.3 Å². The third kappa shape index (κ3) is 1.99. The standard InChI is InChI=1S/C9H13N3OS/c1-6-7(2-5-13-6)14-9-8(10)11-3-4-12-9/h3-4,6-7H,2,5H2,1H3,(H2,10,11). The highest BCUT2D eigenvalue weighted by atomic mass is 32.2. The minimum absolute atomic E-state index is 0.279. The van der Waals surface area contributed by atoms with Crippen molar-refractivity contribution in [3.63, 3.8) is 0 Å². The lowest BCUT2D eigenvalue weighted by molar-refractivity contribution is 0.127. The van der Waals surface area contributed by atoms with Crippen molar-refractivity contribution in [1.82, 2.24) is 9.97 Å². The molecule has 4 nitrogen and oxygen atoms in total. The van der Waals surface area contributed by atoms with E-state index in [9.17, 15) is 0 Å². The Hall–Kier alpha value is -0.810. The monoisotopic (exact) mass is 211 g/mol. The number of thioether (sulfide) groups is 1. The summed E-state index contributed by atoms with van der Waals surface area (Å²) in [5.74, 6) is 0.511. The molecule has 14 heavy (non-hydrogen) atoms. The molecule has 2 heterocycles. The number of ether oxygens (including phenoxy) is 1. The van der Waals surface area contributed by atoms with Crippen LogP contribution in [0.25, 0.3) is 0 Å². The number of nitrogens with two attached hydrogens (primary N) is 1. The first-order chi connectivity index (χ1) is 6.77. The Kier molecular flexibility index (Phi) is 2.88. The zero-order chi connectivity index (χ0) is 9.97. The van der Waals surface area contributed by atoms with E-state index in [-0.39, 0.29) is 6.10 Å². The van der Waals surface area contributed by atoms with Crippen molar-refractivity contribution >= 4 is 17.6 Å². The smallest absolute Gasteiger partial charge is 0.156 e. The fraction of sp³-hybridized carbons (Fsp3) is 0.556. The second-order valence-corrected chi connectivity index (χ2v) is 4.50. The average molecular weight is 211 g/mol. The summed E-state index contributed by atoms with van der Waals surface area (Å²) >= 11 is 1.66. The SMILES string of the molecule is CC1OCCC1Sc1nccnc1N. The van der Waals surface area contributed by atoms with Crippen LogP contribution in [0, 0.1) is 0 Å². The third-order valence-electron chi connectivity index (χ3n) is 2.26. The first-order valence-corrected chi connectivity index (χ1v) is 5.50. The Bertz CT molecular complexity index is 321. The molecule has 2 unspecified atom stereocenters. The van der Waals surface area contributed by atoms with E-state index in [1.54, 1.807) is 24.2 Å². The Morgan fingerprint density at radius 1 is 1.50 bits per heavy atom. The third-order valence-corrected chi connectivity index (χ3v) is 3.72. The number of nitrogen functional groups attached to an aromatic ring is 1. The second-order valence-electron chi connectivity index (χ2n) is 3.27. The molecule has 1 saturated heterocycles. The maximum absolute atomic E-state index is 5.71. The summed E-state index contributed by atoms with van der Waals surface area (Å²) in [6.07, 6.45) is 4.61. The summed E-state index contributed by atoms with van der Waals surface area (Å²) in [5.41, 5.74) is 5.71. The first kappa shape index (κ1) is 9.73. The molecule has 0 radical (unpaired) electrons. The topological polar surface area (TPSA) is 61.0 Å². The maximum atomic E-state index is 5.71. The van der Waals surface area contributed by atoms with E-state index in [1.165, 1.54) is 0 Å². The number of anilines is 1. The van der Waals surface area contributed by atoms with Crippen LogP contribution in [0.5, 0.6) is 0 Å². The van der Waals surface area contributed by atoms with Crippen LogP contribution in [0.15, 0.2) is 17.4 Å². The molecule has 1 fully saturated rings. The Morgan fingerprint density at radius 2 is 2.29 bits per heavy atom. The average Bonchev–Trinajstić information content (AvgIpc) is 2.56. The van der Waals surface area contributed by atoms with Gasteiger partial charge in [0.1, 0.15) is 5.03 Å². The van der Waals surface area contributed by atoms with Gasteiger partial charge in [-0.25, -0.2) is 9.97 Å². The Balaban J connectivity index is 2.07. The fourth-order valence-electron chi connectivity index (χ4n) is 1.44. The van der Waals surface area contributed by atoms with Crippen LogP contribution in [-0.4, -0.2) is 27.9 Å². The molecule has 2 N–H and O–H groups in total. The van der Waals surface area contributed by atoms with Crippen LogP contribution < -0.4 is 5.73 Å². The highest BCUT2D eigenvalue weighted by molar-refractivity contribution is 8.00. The van der Waals surface area contributed by atoms with Crippen LogP contribution in [0.2, 0.25) is 0 Å². The number of hydrogen-bond donors (Lipinski definition) is 1. The van der Waals surface area contributed by atoms with Gasteiger partial charge >= 0.3 is 0 Å². The van der Waals surface area contributed by atoms with Gasteiger partial charge in [-0.1, -0.05) is 11.8 Å². The molecule has 5 heteroatoms. The fourth-order valence-corrected chi connectivity index (χ4v) is 2.50. The van der Waals surface area contributed by atoms with Crippen molar-refractivity contribution in [1.29, 1.82) is 0 Å². The van der Waals surface area contributed by atoms with Gasteiger partial charge in [0.2, 0.25) is 0 Å². The van der Waals surface area contributed by atoms with Crippen molar-refractivity contribution in [2.75, 3.05) is 12.3 Å². The quantitative estimate of drug-likeness (QED) is 0.799. The van der Waals surface area contributed by atoms with Gasteiger partial charge in [0.15, 0.2) is 5.82 Å². The van der Waals surface area contributed by atoms with Crippen LogP contribution in [-0.2, 0) is 4.74 Å². The number of hydrogen-bond acceptors (Lipinski definition) is 5. The minimum Gasteiger partial charge on any atom is -0.381 e. The summed E-state index contributed by atoms with van der Waals surface area (Å²) in [4.78, 5) is 8.20. The zero-order valence-corrected chi connectivity index (χ0v) is 8.83. The van der Waals surface area contributed by atoms with Crippen molar-refractivity contribution in [2.45, 2.75) is 29.7 Å². The van der Waals surface area contributed by atoms with E-state index in [1.807, 2.05) is 0 Å². The second kappa shape index (κ2) is 4.14. The number of nitrogens with zero attached hydrogens (tertiary/aromatic N) is 2. The van der Waals surface area contributed by atoms with Crippen LogP contribution >= 0.6 is 11.8 Å². The zero-order valence-electron chi connectivity index (χ0n) is 8.01. The van der Waals surface area contributed by atoms with E-state index >= 15 is 0 Å². The van der Waals surface area contributed by atoms with Crippen LogP contribution in [0.3, 0.4) is 0 Å². The molecule has 1 aromatic rings. The van der Waals surface area contributed by atoms with Gasteiger partial charge in [-0.2, -0.15) is 0 Å². The van der Waals surface area contributed by atoms with Gasteiger partial charge in [0, 0.05) is 24.3 Å². The van der Waals surface area contributed by atoms with Crippen LogP contribution in [0.4, 0.5) is 5.82 Å². The van der Waals surface area contributed by atoms with E-state index in [0.717, 1.165) is 18.1 Å². The summed E-state index contributed by atoms with van der Waals surface area (Å²) < 4.78 is 5.47. The Labute approximate surface area is 87.3 Å². The summed E-state index contributed by atoms with van der Waals surface area (Å²) in [5, 5.41) is 1.27. The van der Waals surface area contributed by atoms with Gasteiger partial charge in [0.25, 0.3) is 0 Å². The highest BCUT2D eigenvalue weighted by Gasteiger charge is 2.26. The van der Waals surface area contributed by atoms with Crippen molar-refractivity contribution < 1.29 is 4.74 Å².